The molecule has 0 atom stereocenters. The first-order chi connectivity index (χ1) is 12.7. The van der Waals surface area contributed by atoms with Gasteiger partial charge in [-0.25, -0.2) is 4.98 Å². The molecule has 6 heteroatoms. The number of pyridine rings is 1. The quantitative estimate of drug-likeness (QED) is 0.548. The number of aryl methyl sites for hydroxylation is 1. The lowest BCUT2D eigenvalue weighted by Gasteiger charge is -2.22. The van der Waals surface area contributed by atoms with Crippen LogP contribution in [0, 0.1) is 18.3 Å². The first kappa shape index (κ1) is 18.5. The van der Waals surface area contributed by atoms with Gasteiger partial charge in [0.15, 0.2) is 6.79 Å². The van der Waals surface area contributed by atoms with Crippen LogP contribution in [0.5, 0.6) is 5.75 Å². The van der Waals surface area contributed by atoms with Gasteiger partial charge in [-0.15, -0.1) is 0 Å². The molecule has 0 unspecified atom stereocenters. The van der Waals surface area contributed by atoms with Crippen LogP contribution in [0.3, 0.4) is 0 Å². The summed E-state index contributed by atoms with van der Waals surface area (Å²) in [5.74, 6) is 0.761. The highest BCUT2D eigenvalue weighted by molar-refractivity contribution is 6.30. The summed E-state index contributed by atoms with van der Waals surface area (Å²) in [5.41, 5.74) is 2.83. The molecule has 0 aliphatic heterocycles. The topological polar surface area (TPSA) is 67.2 Å². The van der Waals surface area contributed by atoms with E-state index in [1.165, 1.54) is 19.3 Å². The minimum Gasteiger partial charge on any atom is -0.468 e. The molecule has 136 valence electrons. The standard InChI is InChI=1S/C20H22ClN3O2/c1-14-11-16(26-13-25-15-5-3-2-4-6-15)7-8-18(14)24-19-9-10-23-20(21)17(19)12-22/h7-11,15H,2-6,13H2,1H3,(H,23,24). The molecule has 1 aromatic carbocycles. The predicted molar refractivity (Wildman–Crippen MR) is 102 cm³/mol. The Labute approximate surface area is 158 Å². The lowest BCUT2D eigenvalue weighted by Crippen LogP contribution is -2.19. The minimum atomic E-state index is 0.190. The third kappa shape index (κ3) is 4.66. The molecule has 1 N–H and O–H groups in total. The van der Waals surface area contributed by atoms with Crippen molar-refractivity contribution in [1.29, 1.82) is 5.26 Å². The average Bonchev–Trinajstić information content (AvgIpc) is 2.65. The Morgan fingerprint density at radius 1 is 1.23 bits per heavy atom. The summed E-state index contributed by atoms with van der Waals surface area (Å²) >= 11 is 5.97. The first-order valence-corrected chi connectivity index (χ1v) is 9.22. The summed E-state index contributed by atoms with van der Waals surface area (Å²) in [6.45, 7) is 2.25. The van der Waals surface area contributed by atoms with E-state index < -0.39 is 0 Å². The van der Waals surface area contributed by atoms with Crippen LogP contribution in [-0.2, 0) is 4.74 Å². The van der Waals surface area contributed by atoms with Crippen LogP contribution >= 0.6 is 11.6 Å². The van der Waals surface area contributed by atoms with Crippen molar-refractivity contribution in [1.82, 2.24) is 4.98 Å². The summed E-state index contributed by atoms with van der Waals surface area (Å²) < 4.78 is 11.5. The van der Waals surface area contributed by atoms with Crippen LogP contribution in [0.1, 0.15) is 43.2 Å². The fourth-order valence-corrected chi connectivity index (χ4v) is 3.29. The van der Waals surface area contributed by atoms with Crippen molar-refractivity contribution in [2.24, 2.45) is 0 Å². The molecule has 0 saturated heterocycles. The molecule has 1 saturated carbocycles. The van der Waals surface area contributed by atoms with Crippen LogP contribution < -0.4 is 10.1 Å². The van der Waals surface area contributed by atoms with Gasteiger partial charge in [-0.1, -0.05) is 30.9 Å². The van der Waals surface area contributed by atoms with Crippen molar-refractivity contribution < 1.29 is 9.47 Å². The van der Waals surface area contributed by atoms with Gasteiger partial charge in [0, 0.05) is 11.9 Å². The molecule has 0 spiro atoms. The zero-order valence-corrected chi connectivity index (χ0v) is 15.6. The number of nitriles is 1. The highest BCUT2D eigenvalue weighted by atomic mass is 35.5. The van der Waals surface area contributed by atoms with Crippen LogP contribution in [0.25, 0.3) is 0 Å². The van der Waals surface area contributed by atoms with Crippen LogP contribution in [0.15, 0.2) is 30.5 Å². The summed E-state index contributed by atoms with van der Waals surface area (Å²) in [6, 6.07) is 9.55. The van der Waals surface area contributed by atoms with Gasteiger partial charge in [0.2, 0.25) is 0 Å². The molecule has 1 fully saturated rings. The van der Waals surface area contributed by atoms with Crippen LogP contribution in [0.4, 0.5) is 11.4 Å². The lowest BCUT2D eigenvalue weighted by atomic mass is 9.98. The lowest BCUT2D eigenvalue weighted by molar-refractivity contribution is -0.0497. The number of benzene rings is 1. The van der Waals surface area contributed by atoms with Crippen LogP contribution in [0.2, 0.25) is 5.15 Å². The van der Waals surface area contributed by atoms with E-state index in [-0.39, 0.29) is 11.9 Å². The zero-order valence-electron chi connectivity index (χ0n) is 14.8. The summed E-state index contributed by atoms with van der Waals surface area (Å²) in [4.78, 5) is 3.93. The Kier molecular flexibility index (Phi) is 6.32. The van der Waals surface area contributed by atoms with E-state index in [1.807, 2.05) is 25.1 Å². The number of hydrogen-bond acceptors (Lipinski definition) is 5. The molecule has 0 radical (unpaired) electrons. The molecule has 2 aromatic rings. The molecule has 0 bridgehead atoms. The number of hydrogen-bond donors (Lipinski definition) is 1. The molecule has 5 nitrogen and oxygen atoms in total. The normalized spacial score (nSPS) is 14.7. The van der Waals surface area contributed by atoms with Gasteiger partial charge in [0.1, 0.15) is 22.5 Å². The molecule has 1 heterocycles. The highest BCUT2D eigenvalue weighted by Crippen LogP contribution is 2.28. The van der Waals surface area contributed by atoms with Crippen LogP contribution in [-0.4, -0.2) is 17.9 Å². The van der Waals surface area contributed by atoms with E-state index in [4.69, 9.17) is 21.1 Å². The Morgan fingerprint density at radius 2 is 2.04 bits per heavy atom. The van der Waals surface area contributed by atoms with Crippen molar-refractivity contribution in [2.75, 3.05) is 12.1 Å². The van der Waals surface area contributed by atoms with Gasteiger partial charge in [-0.3, -0.25) is 0 Å². The second kappa shape index (κ2) is 8.88. The number of aromatic nitrogens is 1. The molecular weight excluding hydrogens is 350 g/mol. The van der Waals surface area contributed by atoms with E-state index in [0.717, 1.165) is 29.8 Å². The maximum atomic E-state index is 9.25. The van der Waals surface area contributed by atoms with Crippen molar-refractivity contribution in [3.8, 4) is 11.8 Å². The third-order valence-corrected chi connectivity index (χ3v) is 4.85. The summed E-state index contributed by atoms with van der Waals surface area (Å²) in [6.07, 6.45) is 7.95. The predicted octanol–water partition coefficient (Wildman–Crippen LogP) is 5.34. The molecule has 0 amide bonds. The first-order valence-electron chi connectivity index (χ1n) is 8.84. The molecule has 26 heavy (non-hydrogen) atoms. The highest BCUT2D eigenvalue weighted by Gasteiger charge is 2.14. The SMILES string of the molecule is Cc1cc(OCOC2CCCCC2)ccc1Nc1ccnc(Cl)c1C#N. The fourth-order valence-electron chi connectivity index (χ4n) is 3.09. The number of ether oxygens (including phenoxy) is 2. The van der Waals surface area contributed by atoms with Crippen molar-refractivity contribution in [3.63, 3.8) is 0 Å². The molecule has 1 aliphatic carbocycles. The smallest absolute Gasteiger partial charge is 0.189 e. The van der Waals surface area contributed by atoms with E-state index in [1.54, 1.807) is 12.3 Å². The van der Waals surface area contributed by atoms with Gasteiger partial charge < -0.3 is 14.8 Å². The van der Waals surface area contributed by atoms with E-state index in [9.17, 15) is 5.26 Å². The van der Waals surface area contributed by atoms with Gasteiger partial charge in [-0.2, -0.15) is 5.26 Å². The third-order valence-electron chi connectivity index (χ3n) is 4.57. The molecular formula is C20H22ClN3O2. The fraction of sp³-hybridized carbons (Fsp3) is 0.400. The van der Waals surface area contributed by atoms with Gasteiger partial charge >= 0.3 is 0 Å². The maximum Gasteiger partial charge on any atom is 0.189 e. The van der Waals surface area contributed by atoms with Gasteiger partial charge in [0.25, 0.3) is 0 Å². The second-order valence-corrected chi connectivity index (χ2v) is 6.78. The average molecular weight is 372 g/mol. The Bertz CT molecular complexity index is 798. The summed E-state index contributed by atoms with van der Waals surface area (Å²) in [7, 11) is 0. The molecule has 1 aromatic heterocycles. The number of anilines is 2. The molecule has 3 rings (SSSR count). The van der Waals surface area contributed by atoms with Gasteiger partial charge in [-0.05, 0) is 49.6 Å². The van der Waals surface area contributed by atoms with Crippen molar-refractivity contribution in [2.45, 2.75) is 45.1 Å². The Morgan fingerprint density at radius 3 is 2.77 bits per heavy atom. The van der Waals surface area contributed by atoms with Crippen molar-refractivity contribution in [3.05, 3.63) is 46.7 Å². The Hall–Kier alpha value is -2.29. The number of rotatable bonds is 6. The molecule has 1 aliphatic rings. The van der Waals surface area contributed by atoms with Gasteiger partial charge in [0.05, 0.1) is 11.8 Å². The summed E-state index contributed by atoms with van der Waals surface area (Å²) in [5, 5.41) is 12.7. The van der Waals surface area contributed by atoms with E-state index >= 15 is 0 Å². The largest absolute Gasteiger partial charge is 0.468 e. The Balaban J connectivity index is 1.61. The number of halogens is 1. The minimum absolute atomic E-state index is 0.190. The maximum absolute atomic E-state index is 9.25. The van der Waals surface area contributed by atoms with Crippen molar-refractivity contribution >= 4 is 23.0 Å². The number of nitrogens with zero attached hydrogens (tertiary/aromatic N) is 2. The second-order valence-electron chi connectivity index (χ2n) is 6.43. The van der Waals surface area contributed by atoms with E-state index in [0.29, 0.717) is 17.4 Å². The van der Waals surface area contributed by atoms with E-state index in [2.05, 4.69) is 16.4 Å². The number of nitrogens with one attached hydrogen (secondary N) is 1. The monoisotopic (exact) mass is 371 g/mol. The zero-order chi connectivity index (χ0) is 18.4.